The molecule has 0 radical (unpaired) electrons. The van der Waals surface area contributed by atoms with E-state index in [1.54, 1.807) is 18.2 Å². The van der Waals surface area contributed by atoms with Crippen molar-refractivity contribution in [1.29, 1.82) is 0 Å². The van der Waals surface area contributed by atoms with Gasteiger partial charge in [-0.1, -0.05) is 24.3 Å². The van der Waals surface area contributed by atoms with Crippen molar-refractivity contribution in [3.8, 4) is 0 Å². The van der Waals surface area contributed by atoms with Gasteiger partial charge in [0.1, 0.15) is 5.82 Å². The molecule has 1 aliphatic rings. The van der Waals surface area contributed by atoms with Gasteiger partial charge >= 0.3 is 5.76 Å². The number of benzene rings is 3. The molecule has 1 fully saturated rings. The number of nitrogens with one attached hydrogen (secondary N) is 2. The lowest BCUT2D eigenvalue weighted by atomic mass is 9.95. The van der Waals surface area contributed by atoms with Crippen molar-refractivity contribution in [3.63, 3.8) is 0 Å². The summed E-state index contributed by atoms with van der Waals surface area (Å²) in [6, 6.07) is 15.9. The zero-order chi connectivity index (χ0) is 21.4. The Morgan fingerprint density at radius 2 is 1.87 bits per heavy atom. The molecule has 0 saturated carbocycles. The van der Waals surface area contributed by atoms with Crippen LogP contribution in [0.25, 0.3) is 21.9 Å². The number of hydrogen-bond acceptors (Lipinski definition) is 4. The number of oxazole rings is 1. The van der Waals surface area contributed by atoms with Crippen molar-refractivity contribution >= 4 is 33.5 Å². The van der Waals surface area contributed by atoms with E-state index < -0.39 is 5.76 Å². The molecule has 1 aromatic heterocycles. The molecule has 0 bridgehead atoms. The van der Waals surface area contributed by atoms with Gasteiger partial charge in [0, 0.05) is 41.7 Å². The average Bonchev–Trinajstić information content (AvgIpc) is 3.17. The van der Waals surface area contributed by atoms with E-state index >= 15 is 0 Å². The molecule has 0 aliphatic carbocycles. The molecule has 2 heterocycles. The van der Waals surface area contributed by atoms with E-state index in [-0.39, 0.29) is 11.7 Å². The third kappa shape index (κ3) is 3.79. The first kappa shape index (κ1) is 19.4. The largest absolute Gasteiger partial charge is 0.417 e. The van der Waals surface area contributed by atoms with Crippen LogP contribution in [0.15, 0.2) is 63.8 Å². The summed E-state index contributed by atoms with van der Waals surface area (Å²) in [5.41, 5.74) is 2.46. The van der Waals surface area contributed by atoms with Gasteiger partial charge in [-0.3, -0.25) is 9.78 Å². The first-order valence-corrected chi connectivity index (χ1v) is 10.4. The van der Waals surface area contributed by atoms with Crippen LogP contribution in [-0.4, -0.2) is 30.5 Å². The maximum atomic E-state index is 14.1. The van der Waals surface area contributed by atoms with Crippen LogP contribution in [0.4, 0.5) is 10.1 Å². The molecule has 7 heteroatoms. The minimum atomic E-state index is -0.534. The van der Waals surface area contributed by atoms with Crippen molar-refractivity contribution in [3.05, 3.63) is 76.5 Å². The monoisotopic (exact) mass is 419 g/mol. The van der Waals surface area contributed by atoms with E-state index in [4.69, 9.17) is 4.42 Å². The summed E-state index contributed by atoms with van der Waals surface area (Å²) < 4.78 is 19.1. The third-order valence-corrected chi connectivity index (χ3v) is 6.04. The second-order valence-corrected chi connectivity index (χ2v) is 7.98. The first-order chi connectivity index (χ1) is 15.1. The summed E-state index contributed by atoms with van der Waals surface area (Å²) in [5.74, 6) is -0.541. The van der Waals surface area contributed by atoms with Crippen LogP contribution in [0, 0.1) is 11.7 Å². The van der Waals surface area contributed by atoms with E-state index in [1.807, 2.05) is 30.3 Å². The number of anilines is 1. The molecule has 31 heavy (non-hydrogen) atoms. The summed E-state index contributed by atoms with van der Waals surface area (Å²) in [7, 11) is 0. The fourth-order valence-corrected chi connectivity index (χ4v) is 4.33. The quantitative estimate of drug-likeness (QED) is 0.523. The van der Waals surface area contributed by atoms with Crippen molar-refractivity contribution in [2.24, 2.45) is 5.92 Å². The van der Waals surface area contributed by atoms with E-state index in [0.717, 1.165) is 37.0 Å². The van der Waals surface area contributed by atoms with Gasteiger partial charge in [-0.25, -0.2) is 9.18 Å². The lowest BCUT2D eigenvalue weighted by Crippen LogP contribution is -2.38. The van der Waals surface area contributed by atoms with Crippen molar-refractivity contribution < 1.29 is 13.6 Å². The minimum absolute atomic E-state index is 0.183. The van der Waals surface area contributed by atoms with Crippen LogP contribution in [0.5, 0.6) is 0 Å². The number of aromatic amines is 1. The standard InChI is InChI=1S/C24H22FN3O3/c25-19-6-8-21(18-4-2-1-3-17(18)19)28-11-9-15(10-12-28)14-26-23(29)16-5-7-20-22(13-16)31-24(30)27-20/h1-8,13,15H,9-12,14H2,(H,26,29)(H,27,30). The van der Waals surface area contributed by atoms with Crippen LogP contribution in [0.3, 0.4) is 0 Å². The van der Waals surface area contributed by atoms with Gasteiger partial charge in [0.2, 0.25) is 0 Å². The molecule has 1 saturated heterocycles. The average molecular weight is 419 g/mol. The predicted octanol–water partition coefficient (Wildman–Crippen LogP) is 4.06. The van der Waals surface area contributed by atoms with E-state index in [0.29, 0.717) is 34.5 Å². The molecule has 4 aromatic rings. The molecule has 5 rings (SSSR count). The van der Waals surface area contributed by atoms with Crippen molar-refractivity contribution in [2.75, 3.05) is 24.5 Å². The van der Waals surface area contributed by atoms with Crippen molar-refractivity contribution in [1.82, 2.24) is 10.3 Å². The Kier molecular flexibility index (Phi) is 4.94. The van der Waals surface area contributed by atoms with Gasteiger partial charge < -0.3 is 14.6 Å². The van der Waals surface area contributed by atoms with Crippen LogP contribution in [0.1, 0.15) is 23.2 Å². The summed E-state index contributed by atoms with van der Waals surface area (Å²) >= 11 is 0. The molecule has 2 N–H and O–H groups in total. The summed E-state index contributed by atoms with van der Waals surface area (Å²) in [6.45, 7) is 2.30. The molecule has 0 unspecified atom stereocenters. The summed E-state index contributed by atoms with van der Waals surface area (Å²) in [4.78, 5) is 28.6. The fraction of sp³-hybridized carbons (Fsp3) is 0.250. The van der Waals surface area contributed by atoms with Crippen molar-refractivity contribution in [2.45, 2.75) is 12.8 Å². The molecule has 6 nitrogen and oxygen atoms in total. The van der Waals surface area contributed by atoms with Gasteiger partial charge in [0.05, 0.1) is 5.52 Å². The molecule has 0 spiro atoms. The highest BCUT2D eigenvalue weighted by molar-refractivity contribution is 5.97. The van der Waals surface area contributed by atoms with E-state index in [1.165, 1.54) is 6.07 Å². The van der Waals surface area contributed by atoms with Crippen LogP contribution in [-0.2, 0) is 0 Å². The molecule has 1 amide bonds. The second-order valence-electron chi connectivity index (χ2n) is 7.98. The number of aromatic nitrogens is 1. The van der Waals surface area contributed by atoms with Gasteiger partial charge in [0.15, 0.2) is 5.58 Å². The Morgan fingerprint density at radius 3 is 2.68 bits per heavy atom. The minimum Gasteiger partial charge on any atom is -0.408 e. The number of H-pyrrole nitrogens is 1. The number of hydrogen-bond donors (Lipinski definition) is 2. The topological polar surface area (TPSA) is 78.3 Å². The van der Waals surface area contributed by atoms with Gasteiger partial charge in [-0.2, -0.15) is 0 Å². The SMILES string of the molecule is O=C(NCC1CCN(c2ccc(F)c3ccccc23)CC1)c1ccc2[nH]c(=O)oc2c1. The highest BCUT2D eigenvalue weighted by Gasteiger charge is 2.22. The van der Waals surface area contributed by atoms with E-state index in [2.05, 4.69) is 15.2 Å². The number of halogens is 1. The predicted molar refractivity (Wildman–Crippen MR) is 118 cm³/mol. The number of carbonyl (C=O) groups is 1. The number of fused-ring (bicyclic) bond motifs is 2. The van der Waals surface area contributed by atoms with Gasteiger partial charge in [0.25, 0.3) is 5.91 Å². The Hall–Kier alpha value is -3.61. The van der Waals surface area contributed by atoms with E-state index in [9.17, 15) is 14.0 Å². The maximum Gasteiger partial charge on any atom is 0.417 e. The van der Waals surface area contributed by atoms with Crippen LogP contribution >= 0.6 is 0 Å². The lowest BCUT2D eigenvalue weighted by Gasteiger charge is -2.34. The zero-order valence-electron chi connectivity index (χ0n) is 16.9. The third-order valence-electron chi connectivity index (χ3n) is 6.04. The normalized spacial score (nSPS) is 14.9. The highest BCUT2D eigenvalue weighted by atomic mass is 19.1. The molecular formula is C24H22FN3O3. The molecular weight excluding hydrogens is 397 g/mol. The Morgan fingerprint density at radius 1 is 1.10 bits per heavy atom. The Balaban J connectivity index is 1.21. The fourth-order valence-electron chi connectivity index (χ4n) is 4.33. The molecule has 1 aliphatic heterocycles. The first-order valence-electron chi connectivity index (χ1n) is 10.4. The molecule has 0 atom stereocenters. The Bertz CT molecular complexity index is 1320. The highest BCUT2D eigenvalue weighted by Crippen LogP contribution is 2.31. The lowest BCUT2D eigenvalue weighted by molar-refractivity contribution is 0.0945. The Labute approximate surface area is 177 Å². The van der Waals surface area contributed by atoms with Gasteiger partial charge in [-0.15, -0.1) is 0 Å². The molecule has 158 valence electrons. The number of carbonyl (C=O) groups excluding carboxylic acids is 1. The number of rotatable bonds is 4. The van der Waals surface area contributed by atoms with Gasteiger partial charge in [-0.05, 0) is 49.1 Å². The summed E-state index contributed by atoms with van der Waals surface area (Å²) in [6.07, 6.45) is 1.88. The smallest absolute Gasteiger partial charge is 0.408 e. The molecule has 3 aromatic carbocycles. The number of amides is 1. The van der Waals surface area contributed by atoms with Crippen LogP contribution in [0.2, 0.25) is 0 Å². The number of nitrogens with zero attached hydrogens (tertiary/aromatic N) is 1. The second kappa shape index (κ2) is 7.91. The van der Waals surface area contributed by atoms with Crippen LogP contribution < -0.4 is 16.0 Å². The zero-order valence-corrected chi connectivity index (χ0v) is 16.9. The summed E-state index contributed by atoms with van der Waals surface area (Å²) in [5, 5.41) is 4.57. The maximum absolute atomic E-state index is 14.1. The number of piperidine rings is 1.